The number of rotatable bonds is 18. The second-order valence-electron chi connectivity index (χ2n) is 7.94. The Hall–Kier alpha value is -1.95. The molecule has 3 N–H and O–H groups in total. The number of allylic oxidation sites excluding steroid dienone is 6. The molecule has 0 saturated carbocycles. The molecule has 0 aromatic heterocycles. The quantitative estimate of drug-likeness (QED) is 0.122. The van der Waals surface area contributed by atoms with E-state index in [-0.39, 0.29) is 12.0 Å². The van der Waals surface area contributed by atoms with Gasteiger partial charge in [0.15, 0.2) is 0 Å². The van der Waals surface area contributed by atoms with Crippen molar-refractivity contribution >= 4 is 24.5 Å². The summed E-state index contributed by atoms with van der Waals surface area (Å²) in [6.07, 6.45) is 12.7. The van der Waals surface area contributed by atoms with E-state index in [0.717, 1.165) is 54.9 Å². The average molecular weight is 436 g/mol. The van der Waals surface area contributed by atoms with E-state index in [9.17, 15) is 9.59 Å². The number of hydrazine groups is 1. The minimum absolute atomic E-state index is 0.151. The lowest BCUT2D eigenvalue weighted by Crippen LogP contribution is -2.30. The highest BCUT2D eigenvalue weighted by atomic mass is 32.2. The molecule has 170 valence electrons. The molecule has 0 saturated heterocycles. The summed E-state index contributed by atoms with van der Waals surface area (Å²) in [7, 11) is 0. The van der Waals surface area contributed by atoms with Gasteiger partial charge in [-0.1, -0.05) is 42.9 Å². The molecule has 2 atom stereocenters. The zero-order valence-corrected chi connectivity index (χ0v) is 20.2. The summed E-state index contributed by atoms with van der Waals surface area (Å²) >= 11 is 1.82. The molecular formula is C24H41N3O2S. The van der Waals surface area contributed by atoms with Crippen molar-refractivity contribution < 1.29 is 9.59 Å². The highest BCUT2D eigenvalue weighted by Gasteiger charge is 2.09. The number of thioether (sulfide) groups is 1. The van der Waals surface area contributed by atoms with E-state index in [2.05, 4.69) is 68.7 Å². The van der Waals surface area contributed by atoms with Gasteiger partial charge in [0.25, 0.3) is 0 Å². The Morgan fingerprint density at radius 1 is 1.03 bits per heavy atom. The standard InChI is InChI=1S/C24H41N3O2S/c1-19(2)9-7-10-20(3)11-8-12-24(27-25-18-29)14-16-30-17-22(5)26-23(6)21(4)13-15-28/h9,11,14-15,18,21-22,26-27H,6-8,10,12-13,16-17H2,1-5H3,(H,25,29)/b20-11+,24-14-. The van der Waals surface area contributed by atoms with Gasteiger partial charge in [-0.25, -0.2) is 0 Å². The second kappa shape index (κ2) is 17.9. The fourth-order valence-corrected chi connectivity index (χ4v) is 3.59. The van der Waals surface area contributed by atoms with E-state index in [0.29, 0.717) is 12.8 Å². The van der Waals surface area contributed by atoms with Gasteiger partial charge >= 0.3 is 0 Å². The Bertz CT molecular complexity index is 608. The molecule has 0 radical (unpaired) electrons. The average Bonchev–Trinajstić information content (AvgIpc) is 2.68. The Morgan fingerprint density at radius 3 is 2.37 bits per heavy atom. The van der Waals surface area contributed by atoms with Crippen LogP contribution >= 0.6 is 11.8 Å². The van der Waals surface area contributed by atoms with Gasteiger partial charge in [0.05, 0.1) is 0 Å². The molecule has 30 heavy (non-hydrogen) atoms. The molecule has 0 fully saturated rings. The molecule has 0 rings (SSSR count). The third-order valence-corrected chi connectivity index (χ3v) is 5.72. The maximum absolute atomic E-state index is 10.6. The number of amides is 1. The van der Waals surface area contributed by atoms with Gasteiger partial charge in [0.1, 0.15) is 6.29 Å². The number of carbonyl (C=O) groups excluding carboxylic acids is 2. The summed E-state index contributed by atoms with van der Waals surface area (Å²) < 4.78 is 0. The van der Waals surface area contributed by atoms with E-state index >= 15 is 0 Å². The fraction of sp³-hybridized carbons (Fsp3) is 0.583. The van der Waals surface area contributed by atoms with Crippen LogP contribution in [0.5, 0.6) is 0 Å². The molecule has 5 nitrogen and oxygen atoms in total. The van der Waals surface area contributed by atoms with Gasteiger partial charge in [-0.15, -0.1) is 0 Å². The number of aldehydes is 1. The van der Waals surface area contributed by atoms with Gasteiger partial charge in [-0.2, -0.15) is 11.8 Å². The van der Waals surface area contributed by atoms with Crippen molar-refractivity contribution in [3.63, 3.8) is 0 Å². The van der Waals surface area contributed by atoms with Gasteiger partial charge in [0.2, 0.25) is 6.41 Å². The van der Waals surface area contributed by atoms with Crippen LogP contribution in [0, 0.1) is 5.92 Å². The first kappa shape index (κ1) is 28.1. The lowest BCUT2D eigenvalue weighted by Gasteiger charge is -2.20. The third kappa shape index (κ3) is 15.9. The van der Waals surface area contributed by atoms with Crippen molar-refractivity contribution in [3.05, 3.63) is 47.3 Å². The van der Waals surface area contributed by atoms with Crippen LogP contribution in [-0.4, -0.2) is 30.2 Å². The highest BCUT2D eigenvalue weighted by Crippen LogP contribution is 2.13. The minimum Gasteiger partial charge on any atom is -0.385 e. The van der Waals surface area contributed by atoms with Crippen LogP contribution in [-0.2, 0) is 9.59 Å². The smallest absolute Gasteiger partial charge is 0.225 e. The first-order chi connectivity index (χ1) is 14.3. The molecule has 1 amide bonds. The van der Waals surface area contributed by atoms with Crippen LogP contribution in [0.2, 0.25) is 0 Å². The van der Waals surface area contributed by atoms with E-state index in [1.165, 1.54) is 11.1 Å². The van der Waals surface area contributed by atoms with E-state index in [4.69, 9.17) is 0 Å². The van der Waals surface area contributed by atoms with Gasteiger partial charge in [-0.3, -0.25) is 10.2 Å². The molecule has 0 aliphatic rings. The fourth-order valence-electron chi connectivity index (χ4n) is 2.69. The summed E-state index contributed by atoms with van der Waals surface area (Å²) in [6, 6.07) is 0.279. The third-order valence-electron chi connectivity index (χ3n) is 4.58. The van der Waals surface area contributed by atoms with Gasteiger partial charge in [0, 0.05) is 41.3 Å². The topological polar surface area (TPSA) is 70.2 Å². The van der Waals surface area contributed by atoms with Crippen molar-refractivity contribution in [2.45, 2.75) is 72.8 Å². The highest BCUT2D eigenvalue weighted by molar-refractivity contribution is 7.99. The normalized spacial score (nSPS) is 13.8. The molecule has 0 heterocycles. The SMILES string of the molecule is C=C(NC(C)CSC/C=C(/CC/C=C(\C)CCC=C(C)C)NNC=O)C(C)CC=O. The molecular weight excluding hydrogens is 394 g/mol. The van der Waals surface area contributed by atoms with Gasteiger partial charge in [-0.05, 0) is 53.4 Å². The van der Waals surface area contributed by atoms with Crippen molar-refractivity contribution in [3.8, 4) is 0 Å². The summed E-state index contributed by atoms with van der Waals surface area (Å²) in [5.41, 5.74) is 10.2. The largest absolute Gasteiger partial charge is 0.385 e. The zero-order valence-electron chi connectivity index (χ0n) is 19.4. The summed E-state index contributed by atoms with van der Waals surface area (Å²) in [4.78, 5) is 21.2. The number of hydrogen-bond donors (Lipinski definition) is 3. The molecule has 0 aromatic carbocycles. The first-order valence-electron chi connectivity index (χ1n) is 10.7. The van der Waals surface area contributed by atoms with Crippen LogP contribution < -0.4 is 16.2 Å². The first-order valence-corrected chi connectivity index (χ1v) is 11.9. The number of hydrogen-bond acceptors (Lipinski definition) is 5. The van der Waals surface area contributed by atoms with Crippen molar-refractivity contribution in [1.29, 1.82) is 0 Å². The lowest BCUT2D eigenvalue weighted by molar-refractivity contribution is -0.110. The molecule has 0 bridgehead atoms. The summed E-state index contributed by atoms with van der Waals surface area (Å²) in [5, 5.41) is 3.38. The minimum atomic E-state index is 0.151. The van der Waals surface area contributed by atoms with Crippen LogP contribution in [0.1, 0.15) is 66.7 Å². The van der Waals surface area contributed by atoms with Gasteiger partial charge < -0.3 is 15.5 Å². The van der Waals surface area contributed by atoms with Crippen LogP contribution in [0.15, 0.2) is 47.3 Å². The second-order valence-corrected chi connectivity index (χ2v) is 9.01. The monoisotopic (exact) mass is 435 g/mol. The van der Waals surface area contributed by atoms with E-state index in [1.807, 2.05) is 18.7 Å². The predicted molar refractivity (Wildman–Crippen MR) is 131 cm³/mol. The Balaban J connectivity index is 4.39. The molecule has 2 unspecified atom stereocenters. The molecule has 0 aliphatic carbocycles. The maximum atomic E-state index is 10.6. The van der Waals surface area contributed by atoms with Crippen LogP contribution in [0.4, 0.5) is 0 Å². The molecule has 0 aliphatic heterocycles. The molecule has 6 heteroatoms. The van der Waals surface area contributed by atoms with E-state index in [1.54, 1.807) is 0 Å². The lowest BCUT2D eigenvalue weighted by atomic mass is 10.1. The Labute approximate surface area is 187 Å². The van der Waals surface area contributed by atoms with Crippen molar-refractivity contribution in [2.75, 3.05) is 11.5 Å². The maximum Gasteiger partial charge on any atom is 0.225 e. The molecule has 0 spiro atoms. The summed E-state index contributed by atoms with van der Waals surface area (Å²) in [6.45, 7) is 14.6. The molecule has 0 aromatic rings. The van der Waals surface area contributed by atoms with Crippen LogP contribution in [0.3, 0.4) is 0 Å². The van der Waals surface area contributed by atoms with Crippen molar-refractivity contribution in [1.82, 2.24) is 16.2 Å². The Morgan fingerprint density at radius 2 is 1.73 bits per heavy atom. The Kier molecular flexibility index (Phi) is 16.7. The van der Waals surface area contributed by atoms with E-state index < -0.39 is 0 Å². The van der Waals surface area contributed by atoms with Crippen molar-refractivity contribution in [2.24, 2.45) is 5.92 Å². The summed E-state index contributed by atoms with van der Waals surface area (Å²) in [5.74, 6) is 1.94. The predicted octanol–water partition coefficient (Wildman–Crippen LogP) is 5.04. The number of carbonyl (C=O) groups is 2. The number of nitrogens with one attached hydrogen (secondary N) is 3. The zero-order chi connectivity index (χ0) is 22.8. The van der Waals surface area contributed by atoms with Crippen LogP contribution in [0.25, 0.3) is 0 Å².